The second-order valence-corrected chi connectivity index (χ2v) is 8.21. The highest BCUT2D eigenvalue weighted by molar-refractivity contribution is 7.18. The number of esters is 1. The van der Waals surface area contributed by atoms with E-state index in [1.54, 1.807) is 11.8 Å². The van der Waals surface area contributed by atoms with Crippen molar-refractivity contribution in [2.75, 3.05) is 24.6 Å². The van der Waals surface area contributed by atoms with Crippen molar-refractivity contribution in [1.82, 2.24) is 14.5 Å². The molecule has 29 heavy (non-hydrogen) atoms. The Morgan fingerprint density at radius 1 is 1.52 bits per heavy atom. The van der Waals surface area contributed by atoms with Crippen molar-refractivity contribution < 1.29 is 13.9 Å². The molecule has 3 aromatic heterocycles. The lowest BCUT2D eigenvalue weighted by Crippen LogP contribution is -2.28. The summed E-state index contributed by atoms with van der Waals surface area (Å²) in [6.07, 6.45) is 3.47. The number of carbonyl (C=O) groups excluding carboxylic acids is 1. The Kier molecular flexibility index (Phi) is 5.24. The van der Waals surface area contributed by atoms with Gasteiger partial charge in [0.05, 0.1) is 18.2 Å². The van der Waals surface area contributed by atoms with E-state index < -0.39 is 17.2 Å². The summed E-state index contributed by atoms with van der Waals surface area (Å²) in [6, 6.07) is 1.02. The zero-order chi connectivity index (χ0) is 20.7. The summed E-state index contributed by atoms with van der Waals surface area (Å²) in [5, 5.41) is 0.334. The fourth-order valence-electron chi connectivity index (χ4n) is 3.27. The van der Waals surface area contributed by atoms with Crippen LogP contribution in [-0.2, 0) is 4.74 Å². The highest BCUT2D eigenvalue weighted by atomic mass is 35.5. The summed E-state index contributed by atoms with van der Waals surface area (Å²) in [6.45, 7) is 2.75. The number of carbonyl (C=O) groups is 1. The topological polar surface area (TPSA) is 103 Å². The van der Waals surface area contributed by atoms with Gasteiger partial charge in [-0.3, -0.25) is 9.36 Å². The maximum absolute atomic E-state index is 14.9. The Labute approximate surface area is 173 Å². The van der Waals surface area contributed by atoms with Gasteiger partial charge >= 0.3 is 5.97 Å². The van der Waals surface area contributed by atoms with E-state index in [1.165, 1.54) is 17.0 Å². The van der Waals surface area contributed by atoms with Crippen LogP contribution in [0.4, 0.5) is 10.2 Å². The van der Waals surface area contributed by atoms with E-state index in [-0.39, 0.29) is 35.1 Å². The van der Waals surface area contributed by atoms with E-state index in [0.717, 1.165) is 23.8 Å². The largest absolute Gasteiger partial charge is 0.462 e. The van der Waals surface area contributed by atoms with Crippen molar-refractivity contribution in [3.8, 4) is 5.13 Å². The van der Waals surface area contributed by atoms with Crippen LogP contribution in [0.5, 0.6) is 0 Å². The molecule has 0 saturated carbocycles. The zero-order valence-corrected chi connectivity index (χ0v) is 17.0. The molecular formula is C18H17ClFN5O3S. The van der Waals surface area contributed by atoms with E-state index in [1.807, 2.05) is 0 Å². The number of aromatic nitrogens is 3. The number of anilines is 1. The van der Waals surface area contributed by atoms with Gasteiger partial charge in [0.2, 0.25) is 5.43 Å². The van der Waals surface area contributed by atoms with Crippen molar-refractivity contribution in [1.29, 1.82) is 0 Å². The van der Waals surface area contributed by atoms with Crippen LogP contribution in [0.15, 0.2) is 23.3 Å². The number of thiazole rings is 1. The molecule has 0 spiro atoms. The molecule has 1 fully saturated rings. The average molecular weight is 438 g/mol. The molecule has 1 atom stereocenters. The predicted octanol–water partition coefficient (Wildman–Crippen LogP) is 2.35. The minimum absolute atomic E-state index is 0.0494. The second-order valence-electron chi connectivity index (χ2n) is 6.57. The maximum atomic E-state index is 14.9. The number of hydrogen-bond acceptors (Lipinski definition) is 8. The van der Waals surface area contributed by atoms with Crippen LogP contribution in [0.2, 0.25) is 4.34 Å². The Hall–Kier alpha value is -2.56. The quantitative estimate of drug-likeness (QED) is 0.625. The molecule has 0 amide bonds. The highest BCUT2D eigenvalue weighted by Gasteiger charge is 2.26. The van der Waals surface area contributed by atoms with Crippen LogP contribution in [0.3, 0.4) is 0 Å². The van der Waals surface area contributed by atoms with Gasteiger partial charge in [-0.1, -0.05) is 22.9 Å². The third-order valence-corrected chi connectivity index (χ3v) is 5.72. The number of ether oxygens (including phenoxy) is 1. The number of pyridine rings is 2. The van der Waals surface area contributed by atoms with Gasteiger partial charge in [-0.15, -0.1) is 0 Å². The number of halogens is 2. The first-order valence-corrected chi connectivity index (χ1v) is 10.1. The SMILES string of the molecule is CCOC(=O)c1cn(-c2ncc(Cl)s2)c2nc(N3CCC(N)C3)c(F)cc2c1=O. The summed E-state index contributed by atoms with van der Waals surface area (Å²) >= 11 is 7.14. The van der Waals surface area contributed by atoms with Gasteiger partial charge in [-0.05, 0) is 19.4 Å². The van der Waals surface area contributed by atoms with Crippen LogP contribution in [0.1, 0.15) is 23.7 Å². The summed E-state index contributed by atoms with van der Waals surface area (Å²) < 4.78 is 21.7. The molecule has 0 aromatic carbocycles. The van der Waals surface area contributed by atoms with Gasteiger partial charge in [0.1, 0.15) is 9.90 Å². The van der Waals surface area contributed by atoms with E-state index in [0.29, 0.717) is 22.6 Å². The molecule has 11 heteroatoms. The van der Waals surface area contributed by atoms with E-state index >= 15 is 0 Å². The monoisotopic (exact) mass is 437 g/mol. The lowest BCUT2D eigenvalue weighted by atomic mass is 10.2. The molecule has 4 heterocycles. The molecule has 0 bridgehead atoms. The smallest absolute Gasteiger partial charge is 0.343 e. The molecule has 0 aliphatic carbocycles. The third kappa shape index (κ3) is 3.59. The highest BCUT2D eigenvalue weighted by Crippen LogP contribution is 2.28. The Bertz CT molecular complexity index is 1160. The number of hydrogen-bond donors (Lipinski definition) is 1. The number of rotatable bonds is 4. The van der Waals surface area contributed by atoms with Gasteiger partial charge in [0, 0.05) is 25.3 Å². The molecule has 4 rings (SSSR count). The number of fused-ring (bicyclic) bond motifs is 1. The lowest BCUT2D eigenvalue weighted by Gasteiger charge is -2.19. The molecule has 1 saturated heterocycles. The molecule has 1 aliphatic rings. The van der Waals surface area contributed by atoms with E-state index in [4.69, 9.17) is 22.1 Å². The molecule has 8 nitrogen and oxygen atoms in total. The molecule has 1 aliphatic heterocycles. The van der Waals surface area contributed by atoms with Crippen molar-refractivity contribution in [3.05, 3.63) is 44.4 Å². The van der Waals surface area contributed by atoms with Crippen LogP contribution in [-0.4, -0.2) is 46.2 Å². The van der Waals surface area contributed by atoms with Crippen LogP contribution in [0.25, 0.3) is 16.2 Å². The summed E-state index contributed by atoms with van der Waals surface area (Å²) in [7, 11) is 0. The fraction of sp³-hybridized carbons (Fsp3) is 0.333. The van der Waals surface area contributed by atoms with Crippen LogP contribution in [0, 0.1) is 5.82 Å². The van der Waals surface area contributed by atoms with Crippen molar-refractivity contribution in [2.24, 2.45) is 5.73 Å². The Morgan fingerprint density at radius 2 is 2.31 bits per heavy atom. The first-order chi connectivity index (χ1) is 13.9. The maximum Gasteiger partial charge on any atom is 0.343 e. The Balaban J connectivity index is 1.98. The summed E-state index contributed by atoms with van der Waals surface area (Å²) in [4.78, 5) is 35.5. The summed E-state index contributed by atoms with van der Waals surface area (Å²) in [5.41, 5.74) is 5.21. The Morgan fingerprint density at radius 3 is 2.93 bits per heavy atom. The molecule has 0 radical (unpaired) electrons. The average Bonchev–Trinajstić information content (AvgIpc) is 3.30. The number of nitrogens with zero attached hydrogens (tertiary/aromatic N) is 4. The standard InChI is InChI=1S/C18H17ClFN5O3S/c1-2-28-17(27)11-8-25(18-22-6-13(19)29-18)15-10(14(11)26)5-12(20)16(23-15)24-4-3-9(21)7-24/h5-6,8-9H,2-4,7,21H2,1H3. The van der Waals surface area contributed by atoms with Crippen LogP contribution >= 0.6 is 22.9 Å². The first kappa shape index (κ1) is 19.7. The van der Waals surface area contributed by atoms with Crippen molar-refractivity contribution in [3.63, 3.8) is 0 Å². The molecule has 2 N–H and O–H groups in total. The molecule has 152 valence electrons. The number of nitrogens with two attached hydrogens (primary N) is 1. The van der Waals surface area contributed by atoms with Gasteiger partial charge < -0.3 is 15.4 Å². The van der Waals surface area contributed by atoms with Crippen LogP contribution < -0.4 is 16.1 Å². The van der Waals surface area contributed by atoms with E-state index in [2.05, 4.69) is 9.97 Å². The lowest BCUT2D eigenvalue weighted by molar-refractivity contribution is 0.0524. The first-order valence-electron chi connectivity index (χ1n) is 8.94. The zero-order valence-electron chi connectivity index (χ0n) is 15.4. The third-order valence-electron chi connectivity index (χ3n) is 4.60. The van der Waals surface area contributed by atoms with E-state index in [9.17, 15) is 14.0 Å². The molecular weight excluding hydrogens is 421 g/mol. The minimum atomic E-state index is -0.800. The second kappa shape index (κ2) is 7.69. The molecule has 1 unspecified atom stereocenters. The molecule has 3 aromatic rings. The van der Waals surface area contributed by atoms with Crippen molar-refractivity contribution in [2.45, 2.75) is 19.4 Å². The normalized spacial score (nSPS) is 16.6. The fourth-order valence-corrected chi connectivity index (χ4v) is 4.15. The minimum Gasteiger partial charge on any atom is -0.462 e. The van der Waals surface area contributed by atoms with Gasteiger partial charge in [-0.25, -0.2) is 19.2 Å². The van der Waals surface area contributed by atoms with Gasteiger partial charge in [-0.2, -0.15) is 0 Å². The summed E-state index contributed by atoms with van der Waals surface area (Å²) in [5.74, 6) is -1.36. The predicted molar refractivity (Wildman–Crippen MR) is 109 cm³/mol. The van der Waals surface area contributed by atoms with Gasteiger partial charge in [0.25, 0.3) is 0 Å². The van der Waals surface area contributed by atoms with Gasteiger partial charge in [0.15, 0.2) is 22.4 Å². The van der Waals surface area contributed by atoms with Crippen molar-refractivity contribution >= 4 is 45.8 Å².